The zero-order valence-corrected chi connectivity index (χ0v) is 26.9. The Bertz CT molecular complexity index is 2870. The molecule has 10 aromatic rings. The molecule has 4 nitrogen and oxygen atoms in total. The molecule has 0 unspecified atom stereocenters. The van der Waals surface area contributed by atoms with E-state index in [2.05, 4.69) is 121 Å². The van der Waals surface area contributed by atoms with Crippen LogP contribution in [-0.4, -0.2) is 9.97 Å². The number of para-hydroxylation sites is 3. The highest BCUT2D eigenvalue weighted by Crippen LogP contribution is 2.40. The summed E-state index contributed by atoms with van der Waals surface area (Å²) >= 11 is 0. The van der Waals surface area contributed by atoms with E-state index in [1.54, 1.807) is 0 Å². The topological polar surface area (TPSA) is 52.1 Å². The normalized spacial score (nSPS) is 11.6. The number of furan rings is 2. The Balaban J connectivity index is 1.23. The summed E-state index contributed by atoms with van der Waals surface area (Å²) in [6.07, 6.45) is 0. The molecule has 0 atom stereocenters. The van der Waals surface area contributed by atoms with Crippen molar-refractivity contribution < 1.29 is 8.83 Å². The van der Waals surface area contributed by atoms with Gasteiger partial charge in [-0.1, -0.05) is 127 Å². The second kappa shape index (κ2) is 11.4. The highest BCUT2D eigenvalue weighted by Gasteiger charge is 2.19. The Kier molecular flexibility index (Phi) is 6.46. The van der Waals surface area contributed by atoms with Crippen molar-refractivity contribution in [2.75, 3.05) is 0 Å². The number of fused-ring (bicyclic) bond motifs is 6. The van der Waals surface area contributed by atoms with Crippen molar-refractivity contribution >= 4 is 43.9 Å². The molecule has 0 fully saturated rings. The summed E-state index contributed by atoms with van der Waals surface area (Å²) in [5.41, 5.74) is 12.2. The van der Waals surface area contributed by atoms with E-state index in [1.807, 2.05) is 48.5 Å². The van der Waals surface area contributed by atoms with E-state index in [4.69, 9.17) is 18.8 Å². The molecule has 10 rings (SSSR count). The quantitative estimate of drug-likeness (QED) is 0.188. The summed E-state index contributed by atoms with van der Waals surface area (Å²) in [5.74, 6) is 0.610. The molecule has 0 saturated carbocycles. The van der Waals surface area contributed by atoms with Crippen molar-refractivity contribution in [2.45, 2.75) is 0 Å². The summed E-state index contributed by atoms with van der Waals surface area (Å²) in [6.45, 7) is 0. The first-order valence-electron chi connectivity index (χ1n) is 16.7. The third-order valence-electron chi connectivity index (χ3n) is 9.53. The van der Waals surface area contributed by atoms with E-state index in [0.29, 0.717) is 5.82 Å². The lowest BCUT2D eigenvalue weighted by molar-refractivity contribution is 0.668. The smallest absolute Gasteiger partial charge is 0.160 e. The van der Waals surface area contributed by atoms with Crippen molar-refractivity contribution in [1.29, 1.82) is 0 Å². The Morgan fingerprint density at radius 3 is 1.70 bits per heavy atom. The molecule has 4 heteroatoms. The number of rotatable bonds is 5. The highest BCUT2D eigenvalue weighted by molar-refractivity contribution is 6.09. The first-order chi connectivity index (χ1) is 24.8. The van der Waals surface area contributed by atoms with Crippen LogP contribution in [0, 0.1) is 0 Å². The predicted molar refractivity (Wildman–Crippen MR) is 204 cm³/mol. The molecule has 0 aliphatic rings. The molecular weight excluding hydrogens is 613 g/mol. The molecular formula is C46H28N2O2. The number of benzene rings is 7. The molecule has 0 radical (unpaired) electrons. The zero-order valence-electron chi connectivity index (χ0n) is 26.9. The first-order valence-corrected chi connectivity index (χ1v) is 16.7. The van der Waals surface area contributed by atoms with Gasteiger partial charge in [-0.05, 0) is 64.7 Å². The van der Waals surface area contributed by atoms with Gasteiger partial charge in [0.15, 0.2) is 5.82 Å². The van der Waals surface area contributed by atoms with Gasteiger partial charge in [-0.2, -0.15) is 0 Å². The van der Waals surface area contributed by atoms with E-state index in [-0.39, 0.29) is 0 Å². The number of hydrogen-bond acceptors (Lipinski definition) is 4. The minimum atomic E-state index is 0.610. The average molecular weight is 641 g/mol. The standard InChI is InChI=1S/C46H28N2O2/c1-3-12-29(13-4-1)31-22-24-33(39(26-31)30-14-5-2-6-15-30)40-28-41(38-19-11-18-37-35-17-8-10-21-43(35)50-45(37)38)48-46(47-40)32-23-25-36-34-16-7-9-20-42(34)49-44(36)27-32/h1-28H. The minimum absolute atomic E-state index is 0.610. The lowest BCUT2D eigenvalue weighted by Crippen LogP contribution is -1.97. The van der Waals surface area contributed by atoms with Crippen LogP contribution in [0.15, 0.2) is 179 Å². The first kappa shape index (κ1) is 28.3. The predicted octanol–water partition coefficient (Wildman–Crippen LogP) is 12.6. The molecule has 7 aromatic carbocycles. The maximum absolute atomic E-state index is 6.50. The summed E-state index contributed by atoms with van der Waals surface area (Å²) in [4.78, 5) is 10.5. The van der Waals surface area contributed by atoms with Crippen LogP contribution < -0.4 is 0 Å². The number of nitrogens with zero attached hydrogens (tertiary/aromatic N) is 2. The van der Waals surface area contributed by atoms with Crippen LogP contribution in [0.1, 0.15) is 0 Å². The van der Waals surface area contributed by atoms with E-state index in [1.165, 1.54) is 0 Å². The van der Waals surface area contributed by atoms with Gasteiger partial charge in [-0.15, -0.1) is 0 Å². The van der Waals surface area contributed by atoms with Gasteiger partial charge in [0.05, 0.1) is 11.4 Å². The van der Waals surface area contributed by atoms with Gasteiger partial charge < -0.3 is 8.83 Å². The number of aromatic nitrogens is 2. The van der Waals surface area contributed by atoms with Gasteiger partial charge in [-0.3, -0.25) is 0 Å². The zero-order chi connectivity index (χ0) is 33.0. The van der Waals surface area contributed by atoms with E-state index in [9.17, 15) is 0 Å². The molecule has 0 spiro atoms. The molecule has 0 aliphatic carbocycles. The van der Waals surface area contributed by atoms with Crippen molar-refractivity contribution in [3.8, 4) is 56.2 Å². The molecule has 0 amide bonds. The van der Waals surface area contributed by atoms with E-state index < -0.39 is 0 Å². The molecule has 0 saturated heterocycles. The van der Waals surface area contributed by atoms with Crippen molar-refractivity contribution in [2.24, 2.45) is 0 Å². The third kappa shape index (κ3) is 4.69. The largest absolute Gasteiger partial charge is 0.456 e. The summed E-state index contributed by atoms with van der Waals surface area (Å²) in [6, 6.07) is 58.5. The molecule has 0 bridgehead atoms. The SMILES string of the molecule is c1ccc(-c2ccc(-c3cc(-c4cccc5c4oc4ccccc45)nc(-c4ccc5c(c4)oc4ccccc45)n3)c(-c3ccccc3)c2)cc1. The Morgan fingerprint density at radius 2 is 0.920 bits per heavy atom. The molecule has 50 heavy (non-hydrogen) atoms. The van der Waals surface area contributed by atoms with E-state index >= 15 is 0 Å². The van der Waals surface area contributed by atoms with E-state index in [0.717, 1.165) is 94.2 Å². The molecule has 3 heterocycles. The third-order valence-corrected chi connectivity index (χ3v) is 9.53. The van der Waals surface area contributed by atoms with Gasteiger partial charge in [0, 0.05) is 38.2 Å². The minimum Gasteiger partial charge on any atom is -0.456 e. The summed E-state index contributed by atoms with van der Waals surface area (Å²) in [7, 11) is 0. The Labute approximate surface area is 287 Å². The lowest BCUT2D eigenvalue weighted by Gasteiger charge is -2.15. The van der Waals surface area contributed by atoms with Crippen molar-refractivity contribution in [1.82, 2.24) is 9.97 Å². The molecule has 234 valence electrons. The maximum atomic E-state index is 6.50. The Hall–Kier alpha value is -6.78. The highest BCUT2D eigenvalue weighted by atomic mass is 16.3. The van der Waals surface area contributed by atoms with Gasteiger partial charge in [0.1, 0.15) is 22.3 Å². The van der Waals surface area contributed by atoms with Crippen molar-refractivity contribution in [3.05, 3.63) is 170 Å². The van der Waals surface area contributed by atoms with Gasteiger partial charge in [0.2, 0.25) is 0 Å². The summed E-state index contributed by atoms with van der Waals surface area (Å²) in [5, 5.41) is 4.29. The molecule has 3 aromatic heterocycles. The van der Waals surface area contributed by atoms with Crippen LogP contribution in [0.5, 0.6) is 0 Å². The number of hydrogen-bond donors (Lipinski definition) is 0. The second-order valence-electron chi connectivity index (χ2n) is 12.5. The lowest BCUT2D eigenvalue weighted by atomic mass is 9.92. The average Bonchev–Trinajstić information content (AvgIpc) is 3.76. The van der Waals surface area contributed by atoms with Crippen LogP contribution in [0.2, 0.25) is 0 Å². The Morgan fingerprint density at radius 1 is 0.320 bits per heavy atom. The fourth-order valence-electron chi connectivity index (χ4n) is 7.10. The van der Waals surface area contributed by atoms with Crippen LogP contribution in [-0.2, 0) is 0 Å². The fraction of sp³-hybridized carbons (Fsp3) is 0. The van der Waals surface area contributed by atoms with Crippen LogP contribution >= 0.6 is 0 Å². The monoisotopic (exact) mass is 640 g/mol. The van der Waals surface area contributed by atoms with Crippen LogP contribution in [0.4, 0.5) is 0 Å². The molecule has 0 N–H and O–H groups in total. The van der Waals surface area contributed by atoms with Gasteiger partial charge in [0.25, 0.3) is 0 Å². The van der Waals surface area contributed by atoms with Crippen molar-refractivity contribution in [3.63, 3.8) is 0 Å². The van der Waals surface area contributed by atoms with Gasteiger partial charge >= 0.3 is 0 Å². The fourth-order valence-corrected chi connectivity index (χ4v) is 7.10. The maximum Gasteiger partial charge on any atom is 0.160 e. The summed E-state index contributed by atoms with van der Waals surface area (Å²) < 4.78 is 12.8. The van der Waals surface area contributed by atoms with Crippen LogP contribution in [0.25, 0.3) is 100 Å². The second-order valence-corrected chi connectivity index (χ2v) is 12.5. The van der Waals surface area contributed by atoms with Crippen LogP contribution in [0.3, 0.4) is 0 Å². The molecule has 0 aliphatic heterocycles. The van der Waals surface area contributed by atoms with Gasteiger partial charge in [-0.25, -0.2) is 9.97 Å².